The molecule has 1 fully saturated rings. The molecule has 1 heterocycles. The molecule has 0 N–H and O–H groups in total. The molecule has 120 valence electrons. The Kier molecular flexibility index (Phi) is 9.16. The van der Waals surface area contributed by atoms with E-state index in [1.54, 1.807) is 0 Å². The van der Waals surface area contributed by atoms with Crippen LogP contribution < -0.4 is 4.74 Å². The average molecular weight is 292 g/mol. The van der Waals surface area contributed by atoms with Crippen LogP contribution in [0, 0.1) is 0 Å². The molecule has 0 aliphatic carbocycles. The van der Waals surface area contributed by atoms with Crippen molar-refractivity contribution in [2.75, 3.05) is 6.61 Å². The van der Waals surface area contributed by atoms with E-state index in [-0.39, 0.29) is 6.29 Å². The van der Waals surface area contributed by atoms with Gasteiger partial charge in [-0.05, 0) is 49.3 Å². The topological polar surface area (TPSA) is 18.5 Å². The van der Waals surface area contributed by atoms with Gasteiger partial charge in [-0.1, -0.05) is 46.2 Å². The first-order valence-electron chi connectivity index (χ1n) is 8.71. The molecule has 1 aliphatic rings. The van der Waals surface area contributed by atoms with Gasteiger partial charge in [-0.25, -0.2) is 0 Å². The Balaban J connectivity index is 0.00000106. The molecule has 0 aromatic heterocycles. The first-order valence-corrected chi connectivity index (χ1v) is 8.71. The van der Waals surface area contributed by atoms with Gasteiger partial charge in [-0.15, -0.1) is 0 Å². The zero-order chi connectivity index (χ0) is 15.5. The van der Waals surface area contributed by atoms with Crippen LogP contribution >= 0.6 is 0 Å². The number of rotatable bonds is 6. The van der Waals surface area contributed by atoms with Crippen molar-refractivity contribution >= 4 is 0 Å². The molecular weight excluding hydrogens is 260 g/mol. The van der Waals surface area contributed by atoms with Gasteiger partial charge in [0.1, 0.15) is 5.75 Å². The number of ether oxygens (including phenoxy) is 2. The Labute approximate surface area is 130 Å². The summed E-state index contributed by atoms with van der Waals surface area (Å²) in [6.07, 6.45) is 7.05. The van der Waals surface area contributed by atoms with Crippen molar-refractivity contribution < 1.29 is 9.47 Å². The van der Waals surface area contributed by atoms with Gasteiger partial charge in [0.2, 0.25) is 0 Å². The van der Waals surface area contributed by atoms with E-state index in [0.29, 0.717) is 5.92 Å². The second-order valence-corrected chi connectivity index (χ2v) is 5.38. The summed E-state index contributed by atoms with van der Waals surface area (Å²) in [5, 5.41) is 0. The van der Waals surface area contributed by atoms with Gasteiger partial charge in [0.15, 0.2) is 6.29 Å². The molecule has 0 amide bonds. The van der Waals surface area contributed by atoms with Gasteiger partial charge in [0.25, 0.3) is 0 Å². The predicted octanol–water partition coefficient (Wildman–Crippen LogP) is 5.91. The maximum atomic E-state index is 5.86. The van der Waals surface area contributed by atoms with E-state index in [1.165, 1.54) is 31.2 Å². The highest BCUT2D eigenvalue weighted by molar-refractivity contribution is 5.29. The molecule has 2 unspecified atom stereocenters. The SMILES string of the molecule is CC.CCCC(CC)c1ccc(OC2CCCCO2)cc1. The molecule has 1 aromatic rings. The minimum atomic E-state index is -0.0442. The summed E-state index contributed by atoms with van der Waals surface area (Å²) < 4.78 is 11.5. The minimum absolute atomic E-state index is 0.0442. The highest BCUT2D eigenvalue weighted by atomic mass is 16.7. The fourth-order valence-electron chi connectivity index (χ4n) is 2.73. The molecule has 21 heavy (non-hydrogen) atoms. The zero-order valence-corrected chi connectivity index (χ0v) is 14.2. The van der Waals surface area contributed by atoms with E-state index >= 15 is 0 Å². The average Bonchev–Trinajstić information content (AvgIpc) is 2.56. The van der Waals surface area contributed by atoms with Crippen LogP contribution in [0.3, 0.4) is 0 Å². The third-order valence-corrected chi connectivity index (χ3v) is 3.89. The molecule has 0 saturated carbocycles. The number of hydrogen-bond acceptors (Lipinski definition) is 2. The maximum absolute atomic E-state index is 5.86. The molecule has 2 rings (SSSR count). The summed E-state index contributed by atoms with van der Waals surface area (Å²) in [6.45, 7) is 9.35. The Bertz CT molecular complexity index is 352. The van der Waals surface area contributed by atoms with Crippen molar-refractivity contribution in [1.82, 2.24) is 0 Å². The van der Waals surface area contributed by atoms with Crippen LogP contribution in [-0.4, -0.2) is 12.9 Å². The lowest BCUT2D eigenvalue weighted by Crippen LogP contribution is -2.24. The van der Waals surface area contributed by atoms with Crippen LogP contribution in [0.1, 0.15) is 77.7 Å². The van der Waals surface area contributed by atoms with E-state index in [4.69, 9.17) is 9.47 Å². The fourth-order valence-corrected chi connectivity index (χ4v) is 2.73. The molecule has 2 heteroatoms. The maximum Gasteiger partial charge on any atom is 0.199 e. The third kappa shape index (κ3) is 6.09. The van der Waals surface area contributed by atoms with Crippen molar-refractivity contribution in [3.63, 3.8) is 0 Å². The Morgan fingerprint density at radius 2 is 1.86 bits per heavy atom. The summed E-state index contributed by atoms with van der Waals surface area (Å²) in [5.74, 6) is 1.62. The summed E-state index contributed by atoms with van der Waals surface area (Å²) in [5.41, 5.74) is 1.43. The number of benzene rings is 1. The van der Waals surface area contributed by atoms with Crippen LogP contribution in [-0.2, 0) is 4.74 Å². The Hall–Kier alpha value is -1.02. The van der Waals surface area contributed by atoms with Crippen LogP contribution in [0.5, 0.6) is 5.75 Å². The third-order valence-electron chi connectivity index (χ3n) is 3.89. The number of hydrogen-bond donors (Lipinski definition) is 0. The van der Waals surface area contributed by atoms with E-state index < -0.39 is 0 Å². The van der Waals surface area contributed by atoms with Gasteiger partial charge in [-0.3, -0.25) is 0 Å². The van der Waals surface area contributed by atoms with Gasteiger partial charge in [-0.2, -0.15) is 0 Å². The zero-order valence-electron chi connectivity index (χ0n) is 14.2. The summed E-state index contributed by atoms with van der Waals surface area (Å²) in [6, 6.07) is 8.60. The monoisotopic (exact) mass is 292 g/mol. The molecule has 0 spiro atoms. The van der Waals surface area contributed by atoms with Gasteiger partial charge in [0.05, 0.1) is 6.61 Å². The highest BCUT2D eigenvalue weighted by Crippen LogP contribution is 2.27. The first-order chi connectivity index (χ1) is 10.3. The predicted molar refractivity (Wildman–Crippen MR) is 89.9 cm³/mol. The summed E-state index contributed by atoms with van der Waals surface area (Å²) in [4.78, 5) is 0. The van der Waals surface area contributed by atoms with E-state index in [9.17, 15) is 0 Å². The quantitative estimate of drug-likeness (QED) is 0.648. The van der Waals surface area contributed by atoms with Crippen LogP contribution in [0.2, 0.25) is 0 Å². The summed E-state index contributed by atoms with van der Waals surface area (Å²) >= 11 is 0. The van der Waals surface area contributed by atoms with Crippen molar-refractivity contribution in [2.45, 2.75) is 78.4 Å². The lowest BCUT2D eigenvalue weighted by atomic mass is 9.92. The standard InChI is InChI=1S/C17H26O2.C2H6/c1-3-7-14(4-2)15-9-11-16(12-10-15)19-17-8-5-6-13-18-17;1-2/h9-12,14,17H,3-8,13H2,1-2H3;1-2H3. The Morgan fingerprint density at radius 3 is 2.38 bits per heavy atom. The summed E-state index contributed by atoms with van der Waals surface area (Å²) in [7, 11) is 0. The lowest BCUT2D eigenvalue weighted by Gasteiger charge is -2.23. The second kappa shape index (κ2) is 10.7. The van der Waals surface area contributed by atoms with Gasteiger partial charge < -0.3 is 9.47 Å². The second-order valence-electron chi connectivity index (χ2n) is 5.38. The van der Waals surface area contributed by atoms with Gasteiger partial charge in [0, 0.05) is 6.42 Å². The van der Waals surface area contributed by atoms with E-state index in [0.717, 1.165) is 25.2 Å². The van der Waals surface area contributed by atoms with E-state index in [1.807, 2.05) is 13.8 Å². The molecule has 0 radical (unpaired) electrons. The molecule has 2 nitrogen and oxygen atoms in total. The molecular formula is C19H32O2. The molecule has 1 aliphatic heterocycles. The van der Waals surface area contributed by atoms with Crippen molar-refractivity contribution in [1.29, 1.82) is 0 Å². The normalized spacial score (nSPS) is 19.3. The van der Waals surface area contributed by atoms with Crippen LogP contribution in [0.25, 0.3) is 0 Å². The highest BCUT2D eigenvalue weighted by Gasteiger charge is 2.15. The van der Waals surface area contributed by atoms with Crippen molar-refractivity contribution in [2.24, 2.45) is 0 Å². The van der Waals surface area contributed by atoms with Crippen LogP contribution in [0.4, 0.5) is 0 Å². The van der Waals surface area contributed by atoms with Crippen molar-refractivity contribution in [3.8, 4) is 5.75 Å². The molecule has 1 aromatic carbocycles. The van der Waals surface area contributed by atoms with Crippen molar-refractivity contribution in [3.05, 3.63) is 29.8 Å². The van der Waals surface area contributed by atoms with Gasteiger partial charge >= 0.3 is 0 Å². The largest absolute Gasteiger partial charge is 0.465 e. The first kappa shape index (κ1) is 18.0. The smallest absolute Gasteiger partial charge is 0.199 e. The molecule has 0 bridgehead atoms. The fraction of sp³-hybridized carbons (Fsp3) is 0.684. The lowest BCUT2D eigenvalue weighted by molar-refractivity contribution is -0.105. The Morgan fingerprint density at radius 1 is 1.14 bits per heavy atom. The minimum Gasteiger partial charge on any atom is -0.465 e. The van der Waals surface area contributed by atoms with Crippen LogP contribution in [0.15, 0.2) is 24.3 Å². The van der Waals surface area contributed by atoms with E-state index in [2.05, 4.69) is 38.1 Å². The molecule has 1 saturated heterocycles. The molecule has 2 atom stereocenters.